The highest BCUT2D eigenvalue weighted by molar-refractivity contribution is 5.89. The Morgan fingerprint density at radius 2 is 1.31 bits per heavy atom. The van der Waals surface area contributed by atoms with Crippen molar-refractivity contribution in [1.82, 2.24) is 0 Å². The molecule has 2 radical (unpaired) electrons. The molecule has 3 rings (SSSR count). The summed E-state index contributed by atoms with van der Waals surface area (Å²) < 4.78 is 11.2. The number of carbonyl (C=O) groups excluding carboxylic acids is 2. The first-order valence-electron chi connectivity index (χ1n) is 12.1. The summed E-state index contributed by atoms with van der Waals surface area (Å²) in [5, 5.41) is 0. The Kier molecular flexibility index (Phi) is 9.34. The molecule has 36 heavy (non-hydrogen) atoms. The second kappa shape index (κ2) is 12.2. The first-order chi connectivity index (χ1) is 17.1. The van der Waals surface area contributed by atoms with E-state index in [2.05, 4.69) is 13.8 Å². The Morgan fingerprint density at radius 3 is 1.78 bits per heavy atom. The summed E-state index contributed by atoms with van der Waals surface area (Å²) in [5.74, 6) is -0.0551. The van der Waals surface area contributed by atoms with Crippen molar-refractivity contribution in [2.75, 3.05) is 0 Å². The standard InChI is InChI=1S/C28H34O8/c1-18(2)31-23-11-7-21(8-12-23)26(29)34-33-25-17-20(5)15-16-28(25,6)36-35-27(30)22-9-13-24(14-10-22)32-19(3)4/h7-14,18-20,25H,5-6,15-17H2,1-4H3. The molecule has 0 amide bonds. The minimum Gasteiger partial charge on any atom is -0.491 e. The number of hydrogen-bond acceptors (Lipinski definition) is 8. The number of benzene rings is 2. The Labute approximate surface area is 212 Å². The molecular weight excluding hydrogens is 464 g/mol. The summed E-state index contributed by atoms with van der Waals surface area (Å²) in [7, 11) is 0. The van der Waals surface area contributed by atoms with Crippen molar-refractivity contribution >= 4 is 11.9 Å². The van der Waals surface area contributed by atoms with Crippen LogP contribution in [0.25, 0.3) is 0 Å². The van der Waals surface area contributed by atoms with Crippen LogP contribution in [0.1, 0.15) is 67.7 Å². The highest BCUT2D eigenvalue weighted by Crippen LogP contribution is 2.37. The molecule has 0 N–H and O–H groups in total. The van der Waals surface area contributed by atoms with Crippen molar-refractivity contribution in [3.05, 3.63) is 73.5 Å². The molecule has 0 heterocycles. The van der Waals surface area contributed by atoms with Crippen LogP contribution in [0.4, 0.5) is 0 Å². The first-order valence-corrected chi connectivity index (χ1v) is 12.1. The second-order valence-electron chi connectivity index (χ2n) is 9.50. The molecule has 1 aliphatic rings. The van der Waals surface area contributed by atoms with E-state index >= 15 is 0 Å². The van der Waals surface area contributed by atoms with Gasteiger partial charge in [-0.3, -0.25) is 9.78 Å². The van der Waals surface area contributed by atoms with Gasteiger partial charge in [-0.1, -0.05) is 6.92 Å². The lowest BCUT2D eigenvalue weighted by molar-refractivity contribution is -0.380. The number of rotatable bonds is 10. The maximum Gasteiger partial charge on any atom is 0.373 e. The molecule has 8 heteroatoms. The molecule has 1 aliphatic carbocycles. The van der Waals surface area contributed by atoms with Gasteiger partial charge in [0.25, 0.3) is 0 Å². The zero-order valence-corrected chi connectivity index (χ0v) is 21.2. The zero-order valence-electron chi connectivity index (χ0n) is 21.2. The van der Waals surface area contributed by atoms with Gasteiger partial charge in [0.2, 0.25) is 0 Å². The monoisotopic (exact) mass is 498 g/mol. The molecule has 1 fully saturated rings. The van der Waals surface area contributed by atoms with Crippen molar-refractivity contribution in [2.45, 2.75) is 70.9 Å². The number of carbonyl (C=O) groups is 2. The molecule has 1 saturated carbocycles. The van der Waals surface area contributed by atoms with Crippen molar-refractivity contribution in [3.8, 4) is 11.5 Å². The van der Waals surface area contributed by atoms with Crippen molar-refractivity contribution in [1.29, 1.82) is 0 Å². The van der Waals surface area contributed by atoms with Crippen LogP contribution in [-0.2, 0) is 19.6 Å². The van der Waals surface area contributed by atoms with E-state index in [0.717, 1.165) is 0 Å². The molecule has 0 saturated heterocycles. The molecule has 8 nitrogen and oxygen atoms in total. The average Bonchev–Trinajstić information content (AvgIpc) is 2.83. The summed E-state index contributed by atoms with van der Waals surface area (Å²) in [6.45, 7) is 15.8. The fraction of sp³-hybridized carbons (Fsp3) is 0.429. The van der Waals surface area contributed by atoms with Crippen LogP contribution in [0.5, 0.6) is 11.5 Å². The quantitative estimate of drug-likeness (QED) is 0.304. The highest BCUT2D eigenvalue weighted by atomic mass is 17.2. The van der Waals surface area contributed by atoms with Gasteiger partial charge in [-0.25, -0.2) is 9.59 Å². The first kappa shape index (κ1) is 27.5. The predicted molar refractivity (Wildman–Crippen MR) is 132 cm³/mol. The van der Waals surface area contributed by atoms with Gasteiger partial charge in [-0.2, -0.15) is 9.78 Å². The molecule has 0 spiro atoms. The second-order valence-corrected chi connectivity index (χ2v) is 9.50. The molecule has 194 valence electrons. The van der Waals surface area contributed by atoms with E-state index < -0.39 is 23.6 Å². The predicted octanol–water partition coefficient (Wildman–Crippen LogP) is 5.71. The molecule has 0 aliphatic heterocycles. The van der Waals surface area contributed by atoms with Gasteiger partial charge in [0.1, 0.15) is 23.2 Å². The third kappa shape index (κ3) is 7.70. The summed E-state index contributed by atoms with van der Waals surface area (Å²) in [6, 6.07) is 13.1. The summed E-state index contributed by atoms with van der Waals surface area (Å²) in [5.41, 5.74) is -0.700. The number of ether oxygens (including phenoxy) is 2. The van der Waals surface area contributed by atoms with Gasteiger partial charge >= 0.3 is 11.9 Å². The third-order valence-corrected chi connectivity index (χ3v) is 5.56. The van der Waals surface area contributed by atoms with E-state index in [4.69, 9.17) is 29.0 Å². The Balaban J connectivity index is 1.58. The minimum absolute atomic E-state index is 0.0182. The van der Waals surface area contributed by atoms with E-state index in [1.54, 1.807) is 48.5 Å². The van der Waals surface area contributed by atoms with E-state index in [-0.39, 0.29) is 23.7 Å². The summed E-state index contributed by atoms with van der Waals surface area (Å²) in [6.07, 6.45) is 0.703. The van der Waals surface area contributed by atoms with Crippen molar-refractivity contribution < 1.29 is 38.6 Å². The number of hydrogen-bond donors (Lipinski definition) is 0. The maximum atomic E-state index is 12.5. The van der Waals surface area contributed by atoms with E-state index in [9.17, 15) is 9.59 Å². The normalized spacial score (nSPS) is 21.8. The van der Waals surface area contributed by atoms with Crippen LogP contribution in [0.3, 0.4) is 0 Å². The van der Waals surface area contributed by atoms with Gasteiger partial charge in [-0.05, 0) is 108 Å². The molecular formula is C28H34O8. The molecule has 3 unspecified atom stereocenters. The fourth-order valence-electron chi connectivity index (χ4n) is 3.67. The van der Waals surface area contributed by atoms with Crippen LogP contribution >= 0.6 is 0 Å². The minimum atomic E-state index is -1.28. The molecule has 2 aromatic rings. The highest BCUT2D eigenvalue weighted by Gasteiger charge is 2.45. The zero-order chi connectivity index (χ0) is 26.3. The van der Waals surface area contributed by atoms with Gasteiger partial charge < -0.3 is 9.47 Å². The molecule has 0 bridgehead atoms. The fourth-order valence-corrected chi connectivity index (χ4v) is 3.67. The largest absolute Gasteiger partial charge is 0.491 e. The lowest BCUT2D eigenvalue weighted by Gasteiger charge is -2.39. The summed E-state index contributed by atoms with van der Waals surface area (Å²) in [4.78, 5) is 46.1. The van der Waals surface area contributed by atoms with Gasteiger partial charge in [0.05, 0.1) is 23.3 Å². The van der Waals surface area contributed by atoms with Gasteiger partial charge in [-0.15, -0.1) is 0 Å². The Hall–Kier alpha value is -3.10. The Morgan fingerprint density at radius 1 is 0.833 bits per heavy atom. The molecule has 2 aromatic carbocycles. The molecule has 0 aromatic heterocycles. The Bertz CT molecular complexity index is 999. The van der Waals surface area contributed by atoms with Crippen LogP contribution in [0.2, 0.25) is 0 Å². The molecule has 3 atom stereocenters. The van der Waals surface area contributed by atoms with Crippen LogP contribution in [-0.4, -0.2) is 35.9 Å². The van der Waals surface area contributed by atoms with Gasteiger partial charge in [0.15, 0.2) is 0 Å². The third-order valence-electron chi connectivity index (χ3n) is 5.56. The van der Waals surface area contributed by atoms with E-state index in [0.29, 0.717) is 36.3 Å². The van der Waals surface area contributed by atoms with Crippen molar-refractivity contribution in [3.63, 3.8) is 0 Å². The van der Waals surface area contributed by atoms with Crippen LogP contribution in [0.15, 0.2) is 48.5 Å². The topological polar surface area (TPSA) is 89.5 Å². The summed E-state index contributed by atoms with van der Waals surface area (Å²) >= 11 is 0. The maximum absolute atomic E-state index is 12.5. The van der Waals surface area contributed by atoms with Crippen LogP contribution in [0, 0.1) is 19.8 Å². The lowest BCUT2D eigenvalue weighted by Crippen LogP contribution is -2.48. The SMILES string of the molecule is [CH2]C1CCC([CH2])(OOC(=O)c2ccc(OC(C)C)cc2)C(OOC(=O)c2ccc(OC(C)C)cc2)C1. The van der Waals surface area contributed by atoms with Crippen molar-refractivity contribution in [2.24, 2.45) is 5.92 Å². The van der Waals surface area contributed by atoms with Crippen LogP contribution < -0.4 is 9.47 Å². The smallest absolute Gasteiger partial charge is 0.373 e. The average molecular weight is 499 g/mol. The lowest BCUT2D eigenvalue weighted by atomic mass is 9.78. The van der Waals surface area contributed by atoms with Gasteiger partial charge in [0, 0.05) is 0 Å². The van der Waals surface area contributed by atoms with E-state index in [1.807, 2.05) is 27.7 Å². The van der Waals surface area contributed by atoms with E-state index in [1.165, 1.54) is 0 Å².